The van der Waals surface area contributed by atoms with Crippen LogP contribution in [-0.4, -0.2) is 36.6 Å². The van der Waals surface area contributed by atoms with Crippen LogP contribution in [0.15, 0.2) is 47.4 Å². The lowest BCUT2D eigenvalue weighted by atomic mass is 10.2. The molecule has 2 N–H and O–H groups in total. The van der Waals surface area contributed by atoms with Crippen LogP contribution in [0.1, 0.15) is 21.8 Å². The third-order valence-electron chi connectivity index (χ3n) is 3.91. The quantitative estimate of drug-likeness (QED) is 0.363. The summed E-state index contributed by atoms with van der Waals surface area (Å²) in [5, 5.41) is 19.2. The summed E-state index contributed by atoms with van der Waals surface area (Å²) in [5.41, 5.74) is -0.456. The molecule has 0 saturated carbocycles. The fraction of sp³-hybridized carbons (Fsp3) is 0.118. The fourth-order valence-corrected chi connectivity index (χ4v) is 4.08. The molecule has 0 bridgehead atoms. The minimum atomic E-state index is -4.18. The predicted molar refractivity (Wildman–Crippen MR) is 110 cm³/mol. The summed E-state index contributed by atoms with van der Waals surface area (Å²) in [6.07, 6.45) is -2.82. The summed E-state index contributed by atoms with van der Waals surface area (Å²) < 4.78 is 57.7. The van der Waals surface area contributed by atoms with Crippen molar-refractivity contribution in [1.29, 1.82) is 0 Å². The molecule has 11 nitrogen and oxygen atoms in total. The lowest BCUT2D eigenvalue weighted by Gasteiger charge is -2.12. The summed E-state index contributed by atoms with van der Waals surface area (Å²) in [5.74, 6) is -0.644. The molecule has 0 atom stereocenters. The molecule has 0 aliphatic carbocycles. The first-order valence-corrected chi connectivity index (χ1v) is 10.8. The molecule has 0 saturated heterocycles. The molecule has 0 aliphatic heterocycles. The van der Waals surface area contributed by atoms with Gasteiger partial charge in [0.25, 0.3) is 28.0 Å². The molecule has 0 spiro atoms. The van der Waals surface area contributed by atoms with E-state index in [1.165, 1.54) is 25.3 Å². The van der Waals surface area contributed by atoms with Crippen LogP contribution in [0.5, 0.6) is 5.75 Å². The summed E-state index contributed by atoms with van der Waals surface area (Å²) in [6, 6.07) is 8.07. The minimum Gasteiger partial charge on any atom is -0.495 e. The Labute approximate surface area is 183 Å². The molecule has 2 aromatic carbocycles. The Kier molecular flexibility index (Phi) is 6.59. The summed E-state index contributed by atoms with van der Waals surface area (Å²) in [6.45, 7) is 0. The van der Waals surface area contributed by atoms with Gasteiger partial charge in [-0.25, -0.2) is 17.2 Å². The molecule has 1 amide bonds. The van der Waals surface area contributed by atoms with Gasteiger partial charge >= 0.3 is 0 Å². The van der Waals surface area contributed by atoms with Gasteiger partial charge in [0.05, 0.1) is 22.6 Å². The zero-order valence-electron chi connectivity index (χ0n) is 16.0. The number of nitrogens with zero attached hydrogens (tertiary/aromatic N) is 3. The van der Waals surface area contributed by atoms with Gasteiger partial charge in [0, 0.05) is 17.7 Å². The lowest BCUT2D eigenvalue weighted by molar-refractivity contribution is -0.384. The first-order chi connectivity index (χ1) is 15.1. The maximum Gasteiger partial charge on any atom is 0.291 e. The van der Waals surface area contributed by atoms with Gasteiger partial charge in [-0.2, -0.15) is 0 Å². The largest absolute Gasteiger partial charge is 0.495 e. The van der Waals surface area contributed by atoms with Crippen molar-refractivity contribution in [2.24, 2.45) is 0 Å². The number of alkyl halides is 2. The van der Waals surface area contributed by atoms with Crippen molar-refractivity contribution in [2.45, 2.75) is 11.3 Å². The number of nitro benzene ring substituents is 1. The van der Waals surface area contributed by atoms with E-state index in [4.69, 9.17) is 4.74 Å². The first kappa shape index (κ1) is 23.0. The van der Waals surface area contributed by atoms with Gasteiger partial charge in [0.2, 0.25) is 5.13 Å². The van der Waals surface area contributed by atoms with Crippen molar-refractivity contribution >= 4 is 43.8 Å². The number of benzene rings is 2. The molecular formula is C17H13F2N5O6S2. The van der Waals surface area contributed by atoms with E-state index in [-0.39, 0.29) is 32.7 Å². The Morgan fingerprint density at radius 1 is 1.19 bits per heavy atom. The number of methoxy groups -OCH3 is 1. The standard InChI is InChI=1S/C17H13F2N5O6S2/c1-30-13-7-4-10(24(26)27)8-12(13)23-32(28,29)11-5-2-9(3-6-11)15(25)20-17-22-21-16(31-17)14(18)19/h2-8,14,23H,1H3,(H,20,22,25). The number of non-ortho nitro benzene ring substituents is 1. The van der Waals surface area contributed by atoms with Crippen molar-refractivity contribution < 1.29 is 31.7 Å². The number of hydrogen-bond acceptors (Lipinski definition) is 9. The number of rotatable bonds is 8. The van der Waals surface area contributed by atoms with Gasteiger partial charge in [-0.15, -0.1) is 10.2 Å². The third kappa shape index (κ3) is 5.12. The molecule has 32 heavy (non-hydrogen) atoms. The van der Waals surface area contributed by atoms with Gasteiger partial charge in [-0.3, -0.25) is 24.9 Å². The molecule has 3 rings (SSSR count). The highest BCUT2D eigenvalue weighted by Gasteiger charge is 2.20. The number of sulfonamides is 1. The van der Waals surface area contributed by atoms with Crippen molar-refractivity contribution in [3.8, 4) is 5.75 Å². The molecular weight excluding hydrogens is 472 g/mol. The number of aromatic nitrogens is 2. The van der Waals surface area contributed by atoms with Crippen LogP contribution >= 0.6 is 11.3 Å². The highest BCUT2D eigenvalue weighted by atomic mass is 32.2. The van der Waals surface area contributed by atoms with Crippen LogP contribution < -0.4 is 14.8 Å². The summed E-state index contributed by atoms with van der Waals surface area (Å²) in [7, 11) is -2.91. The van der Waals surface area contributed by atoms with Gasteiger partial charge in [0.1, 0.15) is 5.75 Å². The summed E-state index contributed by atoms with van der Waals surface area (Å²) >= 11 is 0.509. The SMILES string of the molecule is COc1ccc([N+](=O)[O-])cc1NS(=O)(=O)c1ccc(C(=O)Nc2nnc(C(F)F)s2)cc1. The average molecular weight is 485 g/mol. The van der Waals surface area contributed by atoms with Gasteiger partial charge < -0.3 is 4.74 Å². The molecule has 15 heteroatoms. The number of amides is 1. The topological polar surface area (TPSA) is 153 Å². The monoisotopic (exact) mass is 485 g/mol. The molecule has 0 radical (unpaired) electrons. The van der Waals surface area contributed by atoms with Crippen molar-refractivity contribution in [3.63, 3.8) is 0 Å². The minimum absolute atomic E-state index is 0.0330. The maximum atomic E-state index is 12.7. The van der Waals surface area contributed by atoms with Gasteiger partial charge in [-0.05, 0) is 30.3 Å². The van der Waals surface area contributed by atoms with E-state index in [1.807, 2.05) is 0 Å². The molecule has 1 heterocycles. The number of ether oxygens (including phenoxy) is 1. The van der Waals surface area contributed by atoms with E-state index < -0.39 is 32.3 Å². The van der Waals surface area contributed by atoms with E-state index in [0.717, 1.165) is 24.3 Å². The second-order valence-corrected chi connectivity index (χ2v) is 8.66. The Balaban J connectivity index is 1.78. The van der Waals surface area contributed by atoms with Crippen LogP contribution in [0.2, 0.25) is 0 Å². The van der Waals surface area contributed by atoms with Gasteiger partial charge in [-0.1, -0.05) is 11.3 Å². The van der Waals surface area contributed by atoms with Crippen molar-refractivity contribution in [1.82, 2.24) is 10.2 Å². The van der Waals surface area contributed by atoms with Crippen LogP contribution in [-0.2, 0) is 10.0 Å². The van der Waals surface area contributed by atoms with E-state index >= 15 is 0 Å². The van der Waals surface area contributed by atoms with Crippen LogP contribution in [0.4, 0.5) is 25.3 Å². The Bertz CT molecular complexity index is 1260. The highest BCUT2D eigenvalue weighted by molar-refractivity contribution is 7.92. The second kappa shape index (κ2) is 9.19. The van der Waals surface area contributed by atoms with E-state index in [0.29, 0.717) is 11.3 Å². The molecule has 0 unspecified atom stereocenters. The highest BCUT2D eigenvalue weighted by Crippen LogP contribution is 2.31. The lowest BCUT2D eigenvalue weighted by Crippen LogP contribution is -2.15. The van der Waals surface area contributed by atoms with Gasteiger partial charge in [0.15, 0.2) is 5.01 Å². The Morgan fingerprint density at radius 2 is 1.88 bits per heavy atom. The normalized spacial score (nSPS) is 11.2. The zero-order chi connectivity index (χ0) is 23.5. The molecule has 0 fully saturated rings. The smallest absolute Gasteiger partial charge is 0.291 e. The zero-order valence-corrected chi connectivity index (χ0v) is 17.6. The maximum absolute atomic E-state index is 12.7. The molecule has 1 aromatic heterocycles. The summed E-state index contributed by atoms with van der Waals surface area (Å²) in [4.78, 5) is 22.3. The molecule has 3 aromatic rings. The Morgan fingerprint density at radius 3 is 2.44 bits per heavy atom. The number of carbonyl (C=O) groups is 1. The Hall–Kier alpha value is -3.72. The second-order valence-electron chi connectivity index (χ2n) is 5.97. The van der Waals surface area contributed by atoms with E-state index in [9.17, 15) is 32.1 Å². The molecule has 168 valence electrons. The number of halogens is 2. The average Bonchev–Trinajstić information content (AvgIpc) is 3.22. The van der Waals surface area contributed by atoms with Crippen LogP contribution in [0.3, 0.4) is 0 Å². The number of anilines is 2. The number of carbonyl (C=O) groups excluding carboxylic acids is 1. The van der Waals surface area contributed by atoms with Crippen LogP contribution in [0, 0.1) is 10.1 Å². The van der Waals surface area contributed by atoms with Crippen molar-refractivity contribution in [3.05, 3.63) is 63.1 Å². The van der Waals surface area contributed by atoms with Crippen molar-refractivity contribution in [2.75, 3.05) is 17.1 Å². The third-order valence-corrected chi connectivity index (χ3v) is 6.14. The number of nitrogens with one attached hydrogen (secondary N) is 2. The number of hydrogen-bond donors (Lipinski definition) is 2. The predicted octanol–water partition coefficient (Wildman–Crippen LogP) is 3.45. The fourth-order valence-electron chi connectivity index (χ4n) is 2.42. The first-order valence-electron chi connectivity index (χ1n) is 8.49. The van der Waals surface area contributed by atoms with E-state index in [1.54, 1.807) is 0 Å². The number of nitro groups is 1. The van der Waals surface area contributed by atoms with Crippen LogP contribution in [0.25, 0.3) is 0 Å². The van der Waals surface area contributed by atoms with E-state index in [2.05, 4.69) is 20.2 Å². The molecule has 0 aliphatic rings.